The number of primary sulfonamides is 2. The fourth-order valence-electron chi connectivity index (χ4n) is 16.3. The van der Waals surface area contributed by atoms with E-state index in [0.29, 0.717) is 39.8 Å². The lowest BCUT2D eigenvalue weighted by Gasteiger charge is -2.15. The van der Waals surface area contributed by atoms with E-state index >= 15 is 0 Å². The molecule has 0 saturated heterocycles. The first-order valence-corrected chi connectivity index (χ1v) is 58.0. The summed E-state index contributed by atoms with van der Waals surface area (Å²) in [5.41, 5.74) is 25.6. The number of hydrogen-bond donors (Lipinski definition) is 2. The minimum absolute atomic E-state index is 0.0780. The maximum absolute atomic E-state index is 12.4. The summed E-state index contributed by atoms with van der Waals surface area (Å²) in [4.78, 5) is 43.8. The van der Waals surface area contributed by atoms with Gasteiger partial charge in [0.05, 0.1) is 78.8 Å². The van der Waals surface area contributed by atoms with E-state index < -0.39 is 59.4 Å². The number of ether oxygens (including phenoxy) is 2. The first kappa shape index (κ1) is 110. The van der Waals surface area contributed by atoms with Crippen LogP contribution >= 0.6 is 23.2 Å². The molecular formula is C113H108Cl2N8O18S6. The zero-order valence-electron chi connectivity index (χ0n) is 82.8. The smallest absolute Gasteiger partial charge is 0.339 e. The molecule has 758 valence electrons. The minimum atomic E-state index is -3.71. The Kier molecular flexibility index (Phi) is 35.6. The predicted octanol–water partition coefficient (Wildman–Crippen LogP) is 22.7. The highest BCUT2D eigenvalue weighted by molar-refractivity contribution is 7.91. The van der Waals surface area contributed by atoms with Crippen LogP contribution in [0.5, 0.6) is 0 Å². The number of esters is 2. The van der Waals surface area contributed by atoms with Gasteiger partial charge in [0.15, 0.2) is 39.3 Å². The fourth-order valence-corrected chi connectivity index (χ4v) is 20.4. The molecule has 1 unspecified atom stereocenters. The molecule has 0 fully saturated rings. The number of aryl methyl sites for hydroxylation is 7. The van der Waals surface area contributed by atoms with Gasteiger partial charge in [0.25, 0.3) is 0 Å². The average molecular weight is 2130 g/mol. The van der Waals surface area contributed by atoms with Gasteiger partial charge in [-0.1, -0.05) is 257 Å². The Hall–Kier alpha value is -14.2. The van der Waals surface area contributed by atoms with Gasteiger partial charge >= 0.3 is 11.9 Å². The molecule has 0 spiro atoms. The number of sulfone groups is 4. The first-order valence-electron chi connectivity index (χ1n) is 46.6. The molecule has 18 rings (SSSR count). The molecule has 4 N–H and O–H groups in total. The van der Waals surface area contributed by atoms with Crippen LogP contribution in [0.15, 0.2) is 342 Å². The van der Waals surface area contributed by atoms with E-state index in [-0.39, 0.29) is 54.0 Å². The van der Waals surface area contributed by atoms with Crippen molar-refractivity contribution in [3.8, 4) is 89.5 Å². The number of benzene rings is 10. The van der Waals surface area contributed by atoms with E-state index in [1.807, 2.05) is 176 Å². The van der Waals surface area contributed by atoms with Crippen LogP contribution < -0.4 is 10.3 Å². The van der Waals surface area contributed by atoms with Gasteiger partial charge in [-0.05, 0) is 217 Å². The minimum Gasteiger partial charge on any atom is -0.457 e. The lowest BCUT2D eigenvalue weighted by atomic mass is 9.92. The van der Waals surface area contributed by atoms with Crippen LogP contribution in [0.1, 0.15) is 116 Å². The average Bonchev–Trinajstić information content (AvgIpc) is 1.46. The van der Waals surface area contributed by atoms with Gasteiger partial charge in [-0.2, -0.15) is 0 Å². The molecule has 8 heterocycles. The van der Waals surface area contributed by atoms with E-state index in [9.17, 15) is 60.1 Å². The van der Waals surface area contributed by atoms with Gasteiger partial charge in [-0.25, -0.2) is 70.4 Å². The van der Waals surface area contributed by atoms with Crippen molar-refractivity contribution in [3.63, 3.8) is 0 Å². The van der Waals surface area contributed by atoms with Gasteiger partial charge in [-0.15, -0.1) is 0 Å². The van der Waals surface area contributed by atoms with Crippen LogP contribution in [0.25, 0.3) is 112 Å². The van der Waals surface area contributed by atoms with Crippen LogP contribution in [0.2, 0.25) is 10.0 Å². The maximum Gasteiger partial charge on any atom is 0.339 e. The van der Waals surface area contributed by atoms with Crippen LogP contribution in [0.3, 0.4) is 0 Å². The van der Waals surface area contributed by atoms with Crippen LogP contribution in [0, 0.1) is 20.8 Å². The largest absolute Gasteiger partial charge is 0.457 e. The number of cyclic esters (lactones) is 2. The molecular weight excluding hydrogens is 2020 g/mol. The quantitative estimate of drug-likeness (QED) is 0.0531. The second-order valence-electron chi connectivity index (χ2n) is 34.5. The van der Waals surface area contributed by atoms with Gasteiger partial charge in [0.2, 0.25) is 20.0 Å². The second-order valence-corrected chi connectivity index (χ2v) is 46.5. The number of halogens is 2. The van der Waals surface area contributed by atoms with Crippen molar-refractivity contribution >= 4 is 117 Å². The fraction of sp³-hybridized carbons (Fsp3) is 0.186. The number of rotatable bonds is 24. The van der Waals surface area contributed by atoms with Gasteiger partial charge in [0, 0.05) is 106 Å². The summed E-state index contributed by atoms with van der Waals surface area (Å²) < 4.78 is 160. The highest BCUT2D eigenvalue weighted by Gasteiger charge is 2.36. The summed E-state index contributed by atoms with van der Waals surface area (Å²) in [5.74, 6) is 0.747. The van der Waals surface area contributed by atoms with E-state index in [1.54, 1.807) is 140 Å². The van der Waals surface area contributed by atoms with E-state index in [0.717, 1.165) is 177 Å². The Balaban J connectivity index is 0.000000147. The van der Waals surface area contributed by atoms with E-state index in [4.69, 9.17) is 57.0 Å². The normalized spacial score (nSPS) is 13.1. The number of carbonyl (C=O) groups excluding carboxylic acids is 2. The SMILES string of the molecule is CCC1OC(=O)C(c2ccccc2)=C1c1ccc(S(C)(=O)=O)cc1.CCc1c(Cl)cnc(-c2ccc(C)nc2)c1-c1ccc(S(C)(=O)=O)cc1.CCc1ccc(-c2noc(C)c2-c2ccc(S(N)(=O)=O)cc2)cc1.CCc1ccc(C2=C(c3ccc(S(C)(=O)=O)cc3)COC2=O)cc1.CCc1nc(-c2ccc(C)nc2)c(-c2ccc(S(C)(=O)=O)cc2)cc1Cl.CCc1onc(-c2ccccc2)c1-c1ccc(S(N)(=O)=O)cc1. The second kappa shape index (κ2) is 47.6. The standard InChI is InChI=1S/2C20H19ClN2O2S.2C19H18O4S.C18H18N2O3S.C17H16N2O3S/c1-4-19-18(21)11-17(14-7-9-16(10-8-14)26(3,24)25)20(23-19)15-6-5-13(2)22-12-15;1-4-17-18(21)12-23-20(15-6-5-13(2)22-11-15)19(17)14-7-9-16(10-8-14)26(3,24)25;1-3-13-4-6-15(7-5-13)18-17(12-23-19(18)20)14-8-10-16(11-9-14)24(2,21)22;1-3-16-17(14-9-11-15(12-10-14)24(2,21)22)18(19(20)23-16)13-7-5-4-6-8-13;1-3-13-4-6-15(7-5-13)18-17(12(2)23-20-18)14-8-10-16(11-9-14)24(19,21)22;1-2-15-16(12-8-10-14(11-9-12)23(18,20)21)17(19-22-15)13-6-4-3-5-7-13/h2*5-12H,4H2,1-3H3;4-11H,3,12H2,1-2H3;4-12,16H,3H2,1-2H3;4-11H,3H2,1-2H3,(H2,19,21,22);3-11H,2H2,1H3,(H2,18,20,21). The Morgan fingerprint density at radius 3 is 1.16 bits per heavy atom. The predicted molar refractivity (Wildman–Crippen MR) is 577 cm³/mol. The summed E-state index contributed by atoms with van der Waals surface area (Å²) in [5, 5.41) is 19.8. The zero-order chi connectivity index (χ0) is 106. The molecule has 0 radical (unpaired) electrons. The Morgan fingerprint density at radius 1 is 0.347 bits per heavy atom. The van der Waals surface area contributed by atoms with Crippen molar-refractivity contribution in [2.75, 3.05) is 31.6 Å². The highest BCUT2D eigenvalue weighted by Crippen LogP contribution is 2.44. The van der Waals surface area contributed by atoms with Gasteiger partial charge in [-0.3, -0.25) is 19.9 Å². The first-order chi connectivity index (χ1) is 69.8. The number of hydrogen-bond acceptors (Lipinski definition) is 24. The summed E-state index contributed by atoms with van der Waals surface area (Å²) >= 11 is 12.8. The van der Waals surface area contributed by atoms with Crippen molar-refractivity contribution in [3.05, 3.63) is 381 Å². The van der Waals surface area contributed by atoms with E-state index in [2.05, 4.69) is 51.2 Å². The highest BCUT2D eigenvalue weighted by atomic mass is 35.5. The van der Waals surface area contributed by atoms with Crippen molar-refractivity contribution in [2.45, 2.75) is 136 Å². The summed E-state index contributed by atoms with van der Waals surface area (Å²) in [6.07, 6.45) is 14.4. The molecule has 2 aliphatic rings. The zero-order valence-corrected chi connectivity index (χ0v) is 89.2. The molecule has 147 heavy (non-hydrogen) atoms. The summed E-state index contributed by atoms with van der Waals surface area (Å²) in [7, 11) is -20.4. The van der Waals surface area contributed by atoms with Crippen LogP contribution in [0.4, 0.5) is 0 Å². The number of aromatic nitrogens is 6. The molecule has 10 aromatic carbocycles. The molecule has 16 aromatic rings. The number of carbonyl (C=O) groups is 2. The third-order valence-electron chi connectivity index (χ3n) is 24.2. The lowest BCUT2D eigenvalue weighted by molar-refractivity contribution is -0.137. The molecule has 6 aromatic heterocycles. The monoisotopic (exact) mass is 2130 g/mol. The molecule has 2 aliphatic heterocycles. The Morgan fingerprint density at radius 2 is 0.735 bits per heavy atom. The number of pyridine rings is 4. The third kappa shape index (κ3) is 27.2. The summed E-state index contributed by atoms with van der Waals surface area (Å²) in [6, 6.07) is 84.4. The number of nitrogens with two attached hydrogens (primary N) is 2. The Labute approximate surface area is 867 Å². The maximum atomic E-state index is 12.4. The van der Waals surface area contributed by atoms with Crippen molar-refractivity contribution in [1.29, 1.82) is 0 Å². The van der Waals surface area contributed by atoms with Gasteiger partial charge in [0.1, 0.15) is 35.6 Å². The molecule has 0 aliphatic carbocycles. The van der Waals surface area contributed by atoms with Crippen LogP contribution in [-0.2, 0) is 111 Å². The third-order valence-corrected chi connectivity index (χ3v) is 31.2. The number of nitrogens with zero attached hydrogens (tertiary/aromatic N) is 6. The topological polar surface area (TPSA) is 413 Å². The van der Waals surface area contributed by atoms with Crippen molar-refractivity contribution < 1.29 is 78.6 Å². The molecule has 1 atom stereocenters. The molecule has 0 saturated carbocycles. The van der Waals surface area contributed by atoms with E-state index in [1.165, 1.54) is 60.4 Å². The Bertz CT molecular complexity index is 8260. The molecule has 0 bridgehead atoms. The lowest BCUT2D eigenvalue weighted by Crippen LogP contribution is -2.11. The number of sulfonamides is 2. The van der Waals surface area contributed by atoms with Crippen molar-refractivity contribution in [1.82, 2.24) is 30.2 Å². The molecule has 0 amide bonds. The molecule has 34 heteroatoms. The van der Waals surface area contributed by atoms with Crippen molar-refractivity contribution in [2.24, 2.45) is 10.3 Å². The van der Waals surface area contributed by atoms with Crippen LogP contribution in [-0.4, -0.2) is 130 Å². The van der Waals surface area contributed by atoms with Gasteiger partial charge < -0.3 is 18.5 Å². The summed E-state index contributed by atoms with van der Waals surface area (Å²) in [6.45, 7) is 18.1. The molecule has 26 nitrogen and oxygen atoms in total.